The lowest BCUT2D eigenvalue weighted by Gasteiger charge is -2.33. The molecule has 126 valence electrons. The molecular formula is C16H21ClN2O3S. The number of aromatic nitrogens is 1. The summed E-state index contributed by atoms with van der Waals surface area (Å²) in [6.45, 7) is 6.41. The number of hydrogen-bond donors (Lipinski definition) is 1. The Hall–Kier alpha value is -1.11. The molecule has 5 nitrogen and oxygen atoms in total. The summed E-state index contributed by atoms with van der Waals surface area (Å²) in [5.41, 5.74) is 6.07. The van der Waals surface area contributed by atoms with Crippen LogP contribution in [0.1, 0.15) is 39.5 Å². The summed E-state index contributed by atoms with van der Waals surface area (Å²) in [5, 5.41) is -0.257. The number of nitrogens with two attached hydrogens (primary N) is 1. The Morgan fingerprint density at radius 3 is 2.57 bits per heavy atom. The van der Waals surface area contributed by atoms with Gasteiger partial charge in [-0.15, -0.1) is 0 Å². The minimum absolute atomic E-state index is 0.0696. The molecule has 0 bridgehead atoms. The molecule has 23 heavy (non-hydrogen) atoms. The first-order valence-electron chi connectivity index (χ1n) is 7.68. The van der Waals surface area contributed by atoms with Gasteiger partial charge >= 0.3 is 0 Å². The molecule has 1 heterocycles. The van der Waals surface area contributed by atoms with E-state index in [4.69, 9.17) is 21.8 Å². The molecule has 0 atom stereocenters. The van der Waals surface area contributed by atoms with E-state index in [9.17, 15) is 8.42 Å². The van der Waals surface area contributed by atoms with Crippen LogP contribution in [0, 0.1) is 5.92 Å². The van der Waals surface area contributed by atoms with E-state index in [0.29, 0.717) is 30.8 Å². The van der Waals surface area contributed by atoms with E-state index in [0.717, 1.165) is 0 Å². The van der Waals surface area contributed by atoms with Crippen molar-refractivity contribution in [2.45, 2.75) is 49.2 Å². The summed E-state index contributed by atoms with van der Waals surface area (Å²) in [6, 6.07) is 3.27. The Balaban J connectivity index is 2.13. The van der Waals surface area contributed by atoms with Gasteiger partial charge in [0.1, 0.15) is 10.4 Å². The molecule has 0 spiro atoms. The number of halogens is 1. The maximum absolute atomic E-state index is 13.0. The molecule has 1 aliphatic carbocycles. The second kappa shape index (κ2) is 5.46. The van der Waals surface area contributed by atoms with Crippen LogP contribution in [0.15, 0.2) is 21.4 Å². The largest absolute Gasteiger partial charge is 0.439 e. The number of oxazole rings is 1. The van der Waals surface area contributed by atoms with Crippen LogP contribution in [-0.2, 0) is 15.3 Å². The number of rotatable bonds is 3. The number of nitrogens with zero attached hydrogens (tertiary/aromatic N) is 1. The van der Waals surface area contributed by atoms with Gasteiger partial charge in [-0.3, -0.25) is 0 Å². The third-order valence-corrected chi connectivity index (χ3v) is 7.02. The molecule has 2 aromatic rings. The second-order valence-electron chi connectivity index (χ2n) is 7.23. The van der Waals surface area contributed by atoms with Crippen molar-refractivity contribution in [2.24, 2.45) is 11.7 Å². The summed E-state index contributed by atoms with van der Waals surface area (Å²) in [6.07, 6.45) is 1.15. The highest BCUT2D eigenvalue weighted by Crippen LogP contribution is 2.41. The van der Waals surface area contributed by atoms with Crippen LogP contribution in [-0.4, -0.2) is 25.2 Å². The number of benzene rings is 1. The number of fused-ring (bicyclic) bond motifs is 1. The van der Waals surface area contributed by atoms with Gasteiger partial charge in [-0.1, -0.05) is 32.4 Å². The van der Waals surface area contributed by atoms with Crippen LogP contribution in [0.2, 0.25) is 5.02 Å². The average molecular weight is 357 g/mol. The molecule has 1 aromatic carbocycles. The summed E-state index contributed by atoms with van der Waals surface area (Å²) >= 11 is 6.22. The monoisotopic (exact) mass is 356 g/mol. The Morgan fingerprint density at radius 1 is 1.35 bits per heavy atom. The lowest BCUT2D eigenvalue weighted by atomic mass is 9.85. The zero-order valence-corrected chi connectivity index (χ0v) is 15.0. The molecule has 1 aromatic heterocycles. The standard InChI is InChI=1S/C16H21ClN2O3S/c1-16(2,3)15-19-12-5-4-11(17)14(13(12)22-15)23(20,21)10-6-9(7-10)8-18/h4-5,9-10H,6-8,18H2,1-3H3. The third-order valence-electron chi connectivity index (χ3n) is 4.35. The van der Waals surface area contributed by atoms with Crippen LogP contribution in [0.4, 0.5) is 0 Å². The quantitative estimate of drug-likeness (QED) is 0.911. The molecular weight excluding hydrogens is 336 g/mol. The van der Waals surface area contributed by atoms with E-state index in [1.807, 2.05) is 20.8 Å². The first-order chi connectivity index (χ1) is 10.6. The highest BCUT2D eigenvalue weighted by molar-refractivity contribution is 7.92. The van der Waals surface area contributed by atoms with Gasteiger partial charge in [-0.05, 0) is 37.4 Å². The topological polar surface area (TPSA) is 86.2 Å². The van der Waals surface area contributed by atoms with Crippen molar-refractivity contribution in [3.63, 3.8) is 0 Å². The van der Waals surface area contributed by atoms with Crippen molar-refractivity contribution >= 4 is 32.5 Å². The molecule has 1 saturated carbocycles. The second-order valence-corrected chi connectivity index (χ2v) is 9.81. The minimum atomic E-state index is -3.56. The van der Waals surface area contributed by atoms with Crippen LogP contribution in [0.3, 0.4) is 0 Å². The van der Waals surface area contributed by atoms with Crippen molar-refractivity contribution in [1.82, 2.24) is 4.98 Å². The van der Waals surface area contributed by atoms with Gasteiger partial charge in [0.15, 0.2) is 15.4 Å². The fraction of sp³-hybridized carbons (Fsp3) is 0.562. The summed E-state index contributed by atoms with van der Waals surface area (Å²) < 4.78 is 31.7. The van der Waals surface area contributed by atoms with Gasteiger partial charge < -0.3 is 10.2 Å². The van der Waals surface area contributed by atoms with Crippen molar-refractivity contribution in [2.75, 3.05) is 6.54 Å². The third kappa shape index (κ3) is 2.77. The van der Waals surface area contributed by atoms with Crippen molar-refractivity contribution in [1.29, 1.82) is 0 Å². The Morgan fingerprint density at radius 2 is 2.00 bits per heavy atom. The SMILES string of the molecule is CC(C)(C)c1nc2ccc(Cl)c(S(=O)(=O)C3CC(CN)C3)c2o1. The summed E-state index contributed by atoms with van der Waals surface area (Å²) in [7, 11) is -3.56. The van der Waals surface area contributed by atoms with E-state index < -0.39 is 15.1 Å². The predicted molar refractivity (Wildman–Crippen MR) is 90.5 cm³/mol. The molecule has 0 aliphatic heterocycles. The van der Waals surface area contributed by atoms with Crippen LogP contribution in [0.5, 0.6) is 0 Å². The normalized spacial score (nSPS) is 22.3. The Labute approximate surface area is 141 Å². The fourth-order valence-electron chi connectivity index (χ4n) is 2.82. The van der Waals surface area contributed by atoms with Gasteiger partial charge in [0, 0.05) is 5.41 Å². The first kappa shape index (κ1) is 16.7. The van der Waals surface area contributed by atoms with Crippen LogP contribution >= 0.6 is 11.6 Å². The highest BCUT2D eigenvalue weighted by Gasteiger charge is 2.41. The first-order valence-corrected chi connectivity index (χ1v) is 9.60. The zero-order valence-electron chi connectivity index (χ0n) is 13.5. The molecule has 0 unspecified atom stereocenters. The minimum Gasteiger partial charge on any atom is -0.439 e. The van der Waals surface area contributed by atoms with Crippen molar-refractivity contribution < 1.29 is 12.8 Å². The molecule has 0 amide bonds. The van der Waals surface area contributed by atoms with Crippen LogP contribution < -0.4 is 5.73 Å². The maximum atomic E-state index is 13.0. The summed E-state index contributed by atoms with van der Waals surface area (Å²) in [5.74, 6) is 0.771. The molecule has 0 saturated heterocycles. The highest BCUT2D eigenvalue weighted by atomic mass is 35.5. The molecule has 1 aliphatic rings. The molecule has 2 N–H and O–H groups in total. The molecule has 1 fully saturated rings. The van der Waals surface area contributed by atoms with E-state index in [2.05, 4.69) is 4.98 Å². The van der Waals surface area contributed by atoms with E-state index >= 15 is 0 Å². The Kier molecular flexibility index (Phi) is 3.98. The number of sulfone groups is 1. The molecule has 3 rings (SSSR count). The van der Waals surface area contributed by atoms with Crippen molar-refractivity contribution in [3.05, 3.63) is 23.0 Å². The number of hydrogen-bond acceptors (Lipinski definition) is 5. The molecule has 0 radical (unpaired) electrons. The maximum Gasteiger partial charge on any atom is 0.200 e. The lowest BCUT2D eigenvalue weighted by molar-refractivity contribution is 0.324. The average Bonchev–Trinajstić information content (AvgIpc) is 2.80. The van der Waals surface area contributed by atoms with E-state index in [1.165, 1.54) is 0 Å². The summed E-state index contributed by atoms with van der Waals surface area (Å²) in [4.78, 5) is 4.49. The van der Waals surface area contributed by atoms with Gasteiger partial charge in [0.25, 0.3) is 0 Å². The fourth-order valence-corrected chi connectivity index (χ4v) is 5.42. The molecule has 7 heteroatoms. The Bertz CT molecular complexity index is 846. The lowest BCUT2D eigenvalue weighted by Crippen LogP contribution is -2.39. The van der Waals surface area contributed by atoms with E-state index in [1.54, 1.807) is 12.1 Å². The van der Waals surface area contributed by atoms with Crippen LogP contribution in [0.25, 0.3) is 11.1 Å². The smallest absolute Gasteiger partial charge is 0.200 e. The van der Waals surface area contributed by atoms with Gasteiger partial charge in [-0.25, -0.2) is 13.4 Å². The van der Waals surface area contributed by atoms with Gasteiger partial charge in [-0.2, -0.15) is 0 Å². The van der Waals surface area contributed by atoms with Crippen molar-refractivity contribution in [3.8, 4) is 0 Å². The van der Waals surface area contributed by atoms with Gasteiger partial charge in [0.2, 0.25) is 5.89 Å². The van der Waals surface area contributed by atoms with E-state index in [-0.39, 0.29) is 26.8 Å². The predicted octanol–water partition coefficient (Wildman–Crippen LogP) is 3.29. The zero-order chi connectivity index (χ0) is 17.0. The van der Waals surface area contributed by atoms with Gasteiger partial charge in [0.05, 0.1) is 10.3 Å².